The van der Waals surface area contributed by atoms with Crippen molar-refractivity contribution in [3.05, 3.63) is 41.0 Å². The molecule has 0 heterocycles. The summed E-state index contributed by atoms with van der Waals surface area (Å²) in [4.78, 5) is 22.7. The van der Waals surface area contributed by atoms with Gasteiger partial charge >= 0.3 is 5.97 Å². The molecule has 0 fully saturated rings. The van der Waals surface area contributed by atoms with Gasteiger partial charge in [0.05, 0.1) is 0 Å². The highest BCUT2D eigenvalue weighted by Gasteiger charge is 2.09. The number of amides is 1. The molecule has 0 aromatic heterocycles. The first-order chi connectivity index (χ1) is 9.96. The quantitative estimate of drug-likeness (QED) is 0.757. The zero-order valence-electron chi connectivity index (χ0n) is 12.8. The van der Waals surface area contributed by atoms with Crippen LogP contribution < -0.4 is 5.32 Å². The van der Waals surface area contributed by atoms with Gasteiger partial charge in [0.2, 0.25) is 0 Å². The minimum Gasteiger partial charge on any atom is -0.478 e. The van der Waals surface area contributed by atoms with Crippen LogP contribution >= 0.6 is 0 Å². The predicted molar refractivity (Wildman–Crippen MR) is 84.3 cm³/mol. The number of benzene rings is 1. The second-order valence-corrected chi connectivity index (χ2v) is 5.20. The molecule has 0 spiro atoms. The van der Waals surface area contributed by atoms with E-state index < -0.39 is 5.97 Å². The fourth-order valence-corrected chi connectivity index (χ4v) is 2.12. The van der Waals surface area contributed by atoms with Crippen LogP contribution in [0.3, 0.4) is 0 Å². The highest BCUT2D eigenvalue weighted by Crippen LogP contribution is 2.12. The van der Waals surface area contributed by atoms with E-state index in [1.807, 2.05) is 13.0 Å². The summed E-state index contributed by atoms with van der Waals surface area (Å²) in [6.45, 7) is 6.78. The lowest BCUT2D eigenvalue weighted by molar-refractivity contribution is -0.131. The van der Waals surface area contributed by atoms with Crippen LogP contribution in [-0.4, -0.2) is 23.5 Å². The van der Waals surface area contributed by atoms with E-state index in [9.17, 15) is 9.59 Å². The Morgan fingerprint density at radius 2 is 1.90 bits per heavy atom. The van der Waals surface area contributed by atoms with Crippen LogP contribution in [0.1, 0.15) is 48.2 Å². The van der Waals surface area contributed by atoms with Gasteiger partial charge < -0.3 is 10.4 Å². The van der Waals surface area contributed by atoms with Crippen molar-refractivity contribution < 1.29 is 14.7 Å². The van der Waals surface area contributed by atoms with Crippen LogP contribution in [0.5, 0.6) is 0 Å². The lowest BCUT2D eigenvalue weighted by atomic mass is 10.0. The molecule has 0 saturated carbocycles. The van der Waals surface area contributed by atoms with Crippen LogP contribution in [0.2, 0.25) is 0 Å². The average molecular weight is 289 g/mol. The molecule has 0 atom stereocenters. The maximum Gasteiger partial charge on any atom is 0.328 e. The molecule has 1 aromatic rings. The lowest BCUT2D eigenvalue weighted by Gasteiger charge is -2.13. The third-order valence-corrected chi connectivity index (χ3v) is 3.49. The molecule has 1 aromatic carbocycles. The van der Waals surface area contributed by atoms with Crippen LogP contribution in [0, 0.1) is 12.8 Å². The number of carboxylic acids is 1. The second-order valence-electron chi connectivity index (χ2n) is 5.20. The molecule has 0 aliphatic heterocycles. The van der Waals surface area contributed by atoms with Gasteiger partial charge in [-0.2, -0.15) is 0 Å². The Morgan fingerprint density at radius 1 is 1.24 bits per heavy atom. The van der Waals surface area contributed by atoms with Gasteiger partial charge in [0.25, 0.3) is 5.91 Å². The zero-order chi connectivity index (χ0) is 15.8. The molecule has 0 bridgehead atoms. The van der Waals surface area contributed by atoms with Crippen molar-refractivity contribution >= 4 is 18.0 Å². The molecular formula is C17H23NO3. The van der Waals surface area contributed by atoms with Crippen LogP contribution in [0.25, 0.3) is 6.08 Å². The molecule has 114 valence electrons. The van der Waals surface area contributed by atoms with Gasteiger partial charge in [0.15, 0.2) is 0 Å². The molecule has 2 N–H and O–H groups in total. The summed E-state index contributed by atoms with van der Waals surface area (Å²) in [6, 6.07) is 5.35. The lowest BCUT2D eigenvalue weighted by Crippen LogP contribution is -2.29. The minimum absolute atomic E-state index is 0.115. The highest BCUT2D eigenvalue weighted by atomic mass is 16.4. The zero-order valence-corrected chi connectivity index (χ0v) is 12.8. The van der Waals surface area contributed by atoms with Crippen molar-refractivity contribution in [1.82, 2.24) is 5.32 Å². The summed E-state index contributed by atoms with van der Waals surface area (Å²) in [5.74, 6) is -0.628. The van der Waals surface area contributed by atoms with E-state index in [0.29, 0.717) is 23.6 Å². The van der Waals surface area contributed by atoms with Crippen molar-refractivity contribution in [3.63, 3.8) is 0 Å². The first-order valence-corrected chi connectivity index (χ1v) is 7.27. The predicted octanol–water partition coefficient (Wildman–Crippen LogP) is 3.26. The average Bonchev–Trinajstić information content (AvgIpc) is 2.45. The normalized spacial score (nSPS) is 11.0. The Bertz CT molecular complexity index is 531. The largest absolute Gasteiger partial charge is 0.478 e. The van der Waals surface area contributed by atoms with Crippen LogP contribution in [0.4, 0.5) is 0 Å². The molecule has 1 rings (SSSR count). The van der Waals surface area contributed by atoms with E-state index in [4.69, 9.17) is 5.11 Å². The van der Waals surface area contributed by atoms with Gasteiger partial charge in [-0.1, -0.05) is 32.8 Å². The SMILES string of the molecule is CCC(CC)CNC(=O)c1cc(C)cc(/C=C/C(=O)O)c1. The fourth-order valence-electron chi connectivity index (χ4n) is 2.12. The van der Waals surface area contributed by atoms with Crippen molar-refractivity contribution in [2.24, 2.45) is 5.92 Å². The third kappa shape index (κ3) is 5.81. The number of aryl methyl sites for hydroxylation is 1. The number of hydrogen-bond donors (Lipinski definition) is 2. The fraction of sp³-hybridized carbons (Fsp3) is 0.412. The summed E-state index contributed by atoms with van der Waals surface area (Å²) in [7, 11) is 0. The summed E-state index contributed by atoms with van der Waals surface area (Å²) >= 11 is 0. The maximum absolute atomic E-state index is 12.2. The van der Waals surface area contributed by atoms with E-state index in [-0.39, 0.29) is 5.91 Å². The topological polar surface area (TPSA) is 66.4 Å². The first kappa shape index (κ1) is 17.0. The molecule has 0 saturated heterocycles. The van der Waals surface area contributed by atoms with E-state index in [2.05, 4.69) is 19.2 Å². The summed E-state index contributed by atoms with van der Waals surface area (Å²) < 4.78 is 0. The molecule has 21 heavy (non-hydrogen) atoms. The first-order valence-electron chi connectivity index (χ1n) is 7.27. The number of nitrogens with one attached hydrogen (secondary N) is 1. The van der Waals surface area contributed by atoms with Gasteiger partial charge in [0, 0.05) is 18.2 Å². The molecule has 0 aliphatic carbocycles. The second kappa shape index (κ2) is 8.25. The molecule has 4 heteroatoms. The molecule has 0 aliphatic rings. The number of carboxylic acid groups (broad SMARTS) is 1. The Kier molecular flexibility index (Phi) is 6.66. The van der Waals surface area contributed by atoms with Crippen molar-refractivity contribution in [1.29, 1.82) is 0 Å². The Labute approximate surface area is 125 Å². The molecule has 0 unspecified atom stereocenters. The Morgan fingerprint density at radius 3 is 2.48 bits per heavy atom. The smallest absolute Gasteiger partial charge is 0.328 e. The van der Waals surface area contributed by atoms with Gasteiger partial charge in [0.1, 0.15) is 0 Å². The highest BCUT2D eigenvalue weighted by molar-refractivity contribution is 5.95. The minimum atomic E-state index is -1.00. The Balaban J connectivity index is 2.82. The van der Waals surface area contributed by atoms with Crippen molar-refractivity contribution in [3.8, 4) is 0 Å². The number of carbonyl (C=O) groups excluding carboxylic acids is 1. The molecule has 0 radical (unpaired) electrons. The van der Waals surface area contributed by atoms with E-state index >= 15 is 0 Å². The van der Waals surface area contributed by atoms with E-state index in [1.165, 1.54) is 6.08 Å². The monoisotopic (exact) mass is 289 g/mol. The van der Waals surface area contributed by atoms with Crippen LogP contribution in [-0.2, 0) is 4.79 Å². The van der Waals surface area contributed by atoms with E-state index in [0.717, 1.165) is 24.5 Å². The molecule has 1 amide bonds. The van der Waals surface area contributed by atoms with Gasteiger partial charge in [-0.25, -0.2) is 4.79 Å². The summed E-state index contributed by atoms with van der Waals surface area (Å²) in [5.41, 5.74) is 2.20. The van der Waals surface area contributed by atoms with E-state index in [1.54, 1.807) is 12.1 Å². The van der Waals surface area contributed by atoms with Crippen molar-refractivity contribution in [2.75, 3.05) is 6.54 Å². The third-order valence-electron chi connectivity index (χ3n) is 3.49. The van der Waals surface area contributed by atoms with Crippen LogP contribution in [0.15, 0.2) is 24.3 Å². The maximum atomic E-state index is 12.2. The van der Waals surface area contributed by atoms with Gasteiger partial charge in [-0.05, 0) is 42.2 Å². The molecule has 4 nitrogen and oxygen atoms in total. The number of hydrogen-bond acceptors (Lipinski definition) is 2. The number of rotatable bonds is 7. The summed E-state index contributed by atoms with van der Waals surface area (Å²) in [5, 5.41) is 11.6. The number of carbonyl (C=O) groups is 2. The van der Waals surface area contributed by atoms with Gasteiger partial charge in [-0.3, -0.25) is 4.79 Å². The number of aliphatic carboxylic acids is 1. The standard InChI is InChI=1S/C17H23NO3/c1-4-13(5-2)11-18-17(21)15-9-12(3)8-14(10-15)6-7-16(19)20/h6-10,13H,4-5,11H2,1-3H3,(H,18,21)(H,19,20)/b7-6+. The molecular weight excluding hydrogens is 266 g/mol. The Hall–Kier alpha value is -2.10. The summed E-state index contributed by atoms with van der Waals surface area (Å²) in [6.07, 6.45) is 4.64. The van der Waals surface area contributed by atoms with Crippen molar-refractivity contribution in [2.45, 2.75) is 33.6 Å². The van der Waals surface area contributed by atoms with Gasteiger partial charge in [-0.15, -0.1) is 0 Å².